The molecule has 0 aromatic carbocycles. The van der Waals surface area contributed by atoms with Crippen LogP contribution in [0.2, 0.25) is 0 Å². The van der Waals surface area contributed by atoms with E-state index in [9.17, 15) is 4.79 Å². The van der Waals surface area contributed by atoms with Crippen molar-refractivity contribution in [2.45, 2.75) is 117 Å². The number of aldehydes is 1. The van der Waals surface area contributed by atoms with Crippen LogP contribution in [0.1, 0.15) is 117 Å². The van der Waals surface area contributed by atoms with Gasteiger partial charge in [-0.3, -0.25) is 26.2 Å². The summed E-state index contributed by atoms with van der Waals surface area (Å²) in [7, 11) is 9.79. The molecule has 6 radical (unpaired) electrons. The first kappa shape index (κ1) is 78.9. The van der Waals surface area contributed by atoms with E-state index in [0.29, 0.717) is 5.92 Å². The van der Waals surface area contributed by atoms with Crippen LogP contribution in [-0.2, 0) is 4.79 Å². The van der Waals surface area contributed by atoms with E-state index in [1.807, 2.05) is 35.2 Å². The van der Waals surface area contributed by atoms with E-state index in [-0.39, 0.29) is 83.4 Å². The van der Waals surface area contributed by atoms with Gasteiger partial charge in [0.1, 0.15) is 6.29 Å². The molecule has 0 aromatic rings. The Kier molecular flexibility index (Phi) is 100. The number of carbonyl (C=O) groups excluding carboxylic acids is 1. The summed E-state index contributed by atoms with van der Waals surface area (Å²) in [6.45, 7) is 20.8. The van der Waals surface area contributed by atoms with Crippen LogP contribution in [0, 0.1) is 47.3 Å². The molecule has 0 spiro atoms. The molecule has 0 bridgehead atoms. The summed E-state index contributed by atoms with van der Waals surface area (Å²) >= 11 is 0. The fourth-order valence-corrected chi connectivity index (χ4v) is 4.50. The number of nitrogens with two attached hydrogens (primary N) is 1. The monoisotopic (exact) mass is 845 g/mol. The minimum absolute atomic E-state index is 0. The fourth-order valence-electron chi connectivity index (χ4n) is 4.50. The zero-order chi connectivity index (χ0) is 41.2. The largest absolute Gasteiger partial charge is 1.00 e. The molecule has 0 atom stereocenters. The summed E-state index contributed by atoms with van der Waals surface area (Å²) in [4.78, 5) is 22.9. The number of nitrogens with zero attached hydrogens (tertiary/aromatic N) is 5. The van der Waals surface area contributed by atoms with Gasteiger partial charge in [-0.05, 0) is 156 Å². The molecule has 13 nitrogen and oxygen atoms in total. The number of carbonyl (C=O) groups is 1. The number of hydrogen-bond acceptors (Lipinski definition) is 13. The summed E-state index contributed by atoms with van der Waals surface area (Å²) in [5.74, 6) is 7.83. The van der Waals surface area contributed by atoms with E-state index in [2.05, 4.69) is 72.6 Å². The van der Waals surface area contributed by atoms with E-state index in [1.54, 1.807) is 0 Å². The molecule has 4 fully saturated rings. The molecular weight excluding hydrogens is 756 g/mol. The summed E-state index contributed by atoms with van der Waals surface area (Å²) in [6, 6.07) is 0. The van der Waals surface area contributed by atoms with Crippen LogP contribution in [0.5, 0.6) is 0 Å². The molecule has 17 heteroatoms. The average Bonchev–Trinajstić information content (AvgIpc) is 3.12. The van der Waals surface area contributed by atoms with Gasteiger partial charge < -0.3 is 55.0 Å². The maximum Gasteiger partial charge on any atom is 1.00 e. The quantitative estimate of drug-likeness (QED) is 0.0139. The van der Waals surface area contributed by atoms with Crippen LogP contribution in [-0.4, -0.2) is 136 Å². The number of nitrogens with one attached hydrogen (secondary N) is 6. The predicted molar refractivity (Wildman–Crippen MR) is 250 cm³/mol. The summed E-state index contributed by atoms with van der Waals surface area (Å²) < 4.78 is 0. The molecule has 0 amide bonds. The van der Waals surface area contributed by atoms with Crippen molar-refractivity contribution in [1.82, 2.24) is 32.0 Å². The first-order chi connectivity index (χ1) is 26.6. The smallest absolute Gasteiger partial charge is 0.512 e. The third kappa shape index (κ3) is 66.8. The first-order valence-corrected chi connectivity index (χ1v) is 20.6. The molecule has 0 aromatic heterocycles. The number of likely N-dealkylation sites (N-methyl/N-ethyl adjacent to an activating group) is 1. The maximum atomic E-state index is 9.79. The van der Waals surface area contributed by atoms with Crippen molar-refractivity contribution in [3.05, 3.63) is 13.1 Å². The Bertz CT molecular complexity index is 764. The van der Waals surface area contributed by atoms with Gasteiger partial charge in [0, 0.05) is 74.1 Å². The van der Waals surface area contributed by atoms with E-state index in [1.165, 1.54) is 89.9 Å². The number of hydrogen-bond donors (Lipinski definition) is 7. The van der Waals surface area contributed by atoms with E-state index in [0.717, 1.165) is 95.8 Å². The van der Waals surface area contributed by atoms with Gasteiger partial charge >= 0.3 is 59.1 Å². The SMILES string of the molecule is C.CCCNC.CNCCCN=CC1CCC1.CNCCCN=CC1CCC1.CNCCCN=CC1CCC1.CNCCNN.O=CC1CCC1.[B].[B].[C-]#N.[C-]#N.[Na+].[Na+]. The Hall–Kier alpha value is -0.490. The van der Waals surface area contributed by atoms with Crippen molar-refractivity contribution in [3.8, 4) is 0 Å². The van der Waals surface area contributed by atoms with Crippen LogP contribution in [0.3, 0.4) is 0 Å². The van der Waals surface area contributed by atoms with Gasteiger partial charge in [0.05, 0.1) is 0 Å². The van der Waals surface area contributed by atoms with E-state index >= 15 is 0 Å². The van der Waals surface area contributed by atoms with E-state index in [4.69, 9.17) is 29.5 Å². The molecule has 0 saturated heterocycles. The Morgan fingerprint density at radius 1 is 0.525 bits per heavy atom. The van der Waals surface area contributed by atoms with Crippen molar-refractivity contribution >= 4 is 41.8 Å². The molecule has 4 saturated carbocycles. The summed E-state index contributed by atoms with van der Waals surface area (Å²) in [5, 5.41) is 27.8. The molecule has 0 aliphatic heterocycles. The molecule has 0 heterocycles. The Morgan fingerprint density at radius 3 is 0.915 bits per heavy atom. The van der Waals surface area contributed by atoms with Gasteiger partial charge in [-0.2, -0.15) is 0 Å². The zero-order valence-corrected chi connectivity index (χ0v) is 42.7. The number of rotatable bonds is 21. The predicted octanol–water partition coefficient (Wildman–Crippen LogP) is -1.25. The second-order valence-electron chi connectivity index (χ2n) is 13.6. The molecular formula is C42H88B2N12Na2O. The minimum atomic E-state index is 0. The summed E-state index contributed by atoms with van der Waals surface area (Å²) in [5.41, 5.74) is 2.51. The Morgan fingerprint density at radius 2 is 0.797 bits per heavy atom. The topological polar surface area (TPSA) is 200 Å². The standard InChI is InChI=1S/3C9H18N2.C5H8O.C4H11N.C3H11N3.2CN.CH4.2B.2Na/c3*1-10-6-3-7-11-8-9-4-2-5-9;6-4-5-2-1-3-5;1-3-4-5-2;1-5-2-3-6-4;2*1-2;;;;;/h3*8-10H,2-7H2,1H3;4-5H,1-3H2;5H,3-4H2,1-2H3;5-6H,2-4H2,1H3;;;1H4;;;;/q;;;;;;2*-1;;;;2*+1. The van der Waals surface area contributed by atoms with Crippen molar-refractivity contribution in [1.29, 1.82) is 10.5 Å². The molecule has 0 unspecified atom stereocenters. The van der Waals surface area contributed by atoms with Gasteiger partial charge in [0.15, 0.2) is 0 Å². The van der Waals surface area contributed by atoms with Gasteiger partial charge in [0.25, 0.3) is 0 Å². The van der Waals surface area contributed by atoms with Gasteiger partial charge in [0.2, 0.25) is 0 Å². The molecule has 8 N–H and O–H groups in total. The van der Waals surface area contributed by atoms with Crippen LogP contribution in [0.4, 0.5) is 0 Å². The van der Waals surface area contributed by atoms with Crippen LogP contribution < -0.4 is 97.0 Å². The van der Waals surface area contributed by atoms with Crippen LogP contribution in [0.15, 0.2) is 15.0 Å². The third-order valence-electron chi connectivity index (χ3n) is 8.90. The Balaban J connectivity index is -0.0000000717. The molecule has 4 aliphatic carbocycles. The number of aliphatic imine (C=N–C) groups is 3. The average molecular weight is 845 g/mol. The third-order valence-corrected chi connectivity index (χ3v) is 8.90. The normalized spacial score (nSPS) is 14.6. The van der Waals surface area contributed by atoms with Crippen molar-refractivity contribution in [2.75, 3.05) is 94.1 Å². The van der Waals surface area contributed by atoms with Crippen LogP contribution >= 0.6 is 0 Å². The maximum absolute atomic E-state index is 9.79. The Labute approximate surface area is 413 Å². The van der Waals surface area contributed by atoms with Crippen molar-refractivity contribution < 1.29 is 63.9 Å². The molecule has 59 heavy (non-hydrogen) atoms. The van der Waals surface area contributed by atoms with Crippen LogP contribution in [0.25, 0.3) is 0 Å². The van der Waals surface area contributed by atoms with E-state index < -0.39 is 0 Å². The van der Waals surface area contributed by atoms with Gasteiger partial charge in [-0.15, -0.1) is 0 Å². The van der Waals surface area contributed by atoms with Gasteiger partial charge in [-0.1, -0.05) is 40.0 Å². The zero-order valence-electron chi connectivity index (χ0n) is 38.7. The number of hydrazine groups is 1. The van der Waals surface area contributed by atoms with Crippen molar-refractivity contribution in [2.24, 2.45) is 44.5 Å². The van der Waals surface area contributed by atoms with Gasteiger partial charge in [-0.25, -0.2) is 0 Å². The second-order valence-corrected chi connectivity index (χ2v) is 13.6. The molecule has 4 rings (SSSR count). The fraction of sp³-hybridized carbons (Fsp3) is 0.857. The molecule has 4 aliphatic rings. The molecule has 330 valence electrons. The first-order valence-electron chi connectivity index (χ1n) is 20.6. The minimum Gasteiger partial charge on any atom is -0.512 e. The summed E-state index contributed by atoms with van der Waals surface area (Å²) in [6.07, 6.45) is 28.3. The second kappa shape index (κ2) is 74.9. The van der Waals surface area contributed by atoms with Crippen molar-refractivity contribution in [3.63, 3.8) is 0 Å².